The summed E-state index contributed by atoms with van der Waals surface area (Å²) in [7, 11) is 0. The van der Waals surface area contributed by atoms with E-state index in [0.717, 1.165) is 5.56 Å². The molecule has 2 atom stereocenters. The Balaban J connectivity index is 2.49. The fraction of sp³-hybridized carbons (Fsp3) is 0.400. The normalized spacial score (nSPS) is 25.5. The molecule has 1 aliphatic heterocycles. The molecule has 0 radical (unpaired) electrons. The smallest absolute Gasteiger partial charge is 0.322 e. The Bertz CT molecular complexity index is 535. The second-order valence-corrected chi connectivity index (χ2v) is 4.89. The van der Waals surface area contributed by atoms with E-state index in [1.165, 1.54) is 0 Å². The van der Waals surface area contributed by atoms with Crippen molar-refractivity contribution in [3.8, 4) is 5.75 Å². The molecule has 4 heteroatoms. The lowest BCUT2D eigenvalue weighted by Crippen LogP contribution is -2.42. The molecule has 0 bridgehead atoms. The van der Waals surface area contributed by atoms with Gasteiger partial charge >= 0.3 is 5.97 Å². The summed E-state index contributed by atoms with van der Waals surface area (Å²) >= 11 is 0. The number of carbonyl (C=O) groups is 1. The first kappa shape index (κ1) is 13.6. The standard InChI is InChI=1S/C15H18O4/c1-5-18-14(17)15(4)10(3)19-12-7-6-9(2)8-11(12)13(15)16/h6-8,13,16H,3,5H2,1-2,4H3. The molecular formula is C15H18O4. The molecular weight excluding hydrogens is 244 g/mol. The van der Waals surface area contributed by atoms with E-state index in [9.17, 15) is 9.90 Å². The van der Waals surface area contributed by atoms with Crippen LogP contribution in [-0.2, 0) is 9.53 Å². The van der Waals surface area contributed by atoms with Crippen molar-refractivity contribution in [2.75, 3.05) is 6.61 Å². The van der Waals surface area contributed by atoms with Crippen molar-refractivity contribution in [3.63, 3.8) is 0 Å². The summed E-state index contributed by atoms with van der Waals surface area (Å²) in [4.78, 5) is 12.1. The first-order valence-electron chi connectivity index (χ1n) is 6.24. The highest BCUT2D eigenvalue weighted by Crippen LogP contribution is 2.48. The molecule has 1 aliphatic rings. The van der Waals surface area contributed by atoms with Crippen LogP contribution in [0.2, 0.25) is 0 Å². The zero-order chi connectivity index (χ0) is 14.2. The van der Waals surface area contributed by atoms with E-state index in [1.54, 1.807) is 19.9 Å². The molecule has 0 spiro atoms. The van der Waals surface area contributed by atoms with E-state index in [2.05, 4.69) is 6.58 Å². The Labute approximate surface area is 112 Å². The number of hydrogen-bond acceptors (Lipinski definition) is 4. The number of benzene rings is 1. The number of rotatable bonds is 2. The van der Waals surface area contributed by atoms with Crippen LogP contribution in [0, 0.1) is 12.3 Å². The van der Waals surface area contributed by atoms with Gasteiger partial charge in [0, 0.05) is 5.56 Å². The Morgan fingerprint density at radius 2 is 2.26 bits per heavy atom. The number of ether oxygens (including phenoxy) is 2. The molecule has 1 heterocycles. The number of hydrogen-bond donors (Lipinski definition) is 1. The van der Waals surface area contributed by atoms with Gasteiger partial charge in [-0.1, -0.05) is 18.2 Å². The summed E-state index contributed by atoms with van der Waals surface area (Å²) in [5.41, 5.74) is 0.291. The van der Waals surface area contributed by atoms with Gasteiger partial charge in [0.25, 0.3) is 0 Å². The number of carbonyl (C=O) groups excluding carboxylic acids is 1. The van der Waals surface area contributed by atoms with Crippen molar-refractivity contribution in [3.05, 3.63) is 41.7 Å². The summed E-state index contributed by atoms with van der Waals surface area (Å²) in [5.74, 6) is 0.208. The van der Waals surface area contributed by atoms with Crippen molar-refractivity contribution >= 4 is 5.97 Å². The fourth-order valence-corrected chi connectivity index (χ4v) is 2.18. The molecule has 0 aliphatic carbocycles. The Morgan fingerprint density at radius 3 is 2.89 bits per heavy atom. The third-order valence-corrected chi connectivity index (χ3v) is 3.52. The molecule has 2 rings (SSSR count). The van der Waals surface area contributed by atoms with Crippen molar-refractivity contribution in [2.45, 2.75) is 26.9 Å². The molecule has 102 valence electrons. The van der Waals surface area contributed by atoms with Crippen LogP contribution >= 0.6 is 0 Å². The predicted octanol–water partition coefficient (Wildman–Crippen LogP) is 2.50. The molecule has 0 aromatic heterocycles. The lowest BCUT2D eigenvalue weighted by molar-refractivity contribution is -0.161. The SMILES string of the molecule is C=C1Oc2ccc(C)cc2C(O)C1(C)C(=O)OCC. The van der Waals surface area contributed by atoms with E-state index < -0.39 is 17.5 Å². The maximum atomic E-state index is 12.1. The van der Waals surface area contributed by atoms with Gasteiger partial charge in [-0.25, -0.2) is 0 Å². The van der Waals surface area contributed by atoms with Gasteiger partial charge < -0.3 is 14.6 Å². The topological polar surface area (TPSA) is 55.8 Å². The van der Waals surface area contributed by atoms with E-state index in [0.29, 0.717) is 11.3 Å². The van der Waals surface area contributed by atoms with Crippen molar-refractivity contribution in [2.24, 2.45) is 5.41 Å². The molecule has 2 unspecified atom stereocenters. The van der Waals surface area contributed by atoms with Gasteiger partial charge in [0.05, 0.1) is 6.61 Å². The highest BCUT2D eigenvalue weighted by atomic mass is 16.5. The van der Waals surface area contributed by atoms with Crippen LogP contribution in [-0.4, -0.2) is 17.7 Å². The van der Waals surface area contributed by atoms with E-state index >= 15 is 0 Å². The van der Waals surface area contributed by atoms with Crippen LogP contribution in [0.4, 0.5) is 0 Å². The minimum absolute atomic E-state index is 0.204. The quantitative estimate of drug-likeness (QED) is 0.832. The summed E-state index contributed by atoms with van der Waals surface area (Å²) < 4.78 is 10.6. The minimum Gasteiger partial charge on any atom is -0.465 e. The number of fused-ring (bicyclic) bond motifs is 1. The fourth-order valence-electron chi connectivity index (χ4n) is 2.18. The van der Waals surface area contributed by atoms with Gasteiger partial charge in [-0.2, -0.15) is 0 Å². The van der Waals surface area contributed by atoms with Gasteiger partial charge in [-0.05, 0) is 32.9 Å². The molecule has 1 N–H and O–H groups in total. The van der Waals surface area contributed by atoms with Crippen LogP contribution in [0.5, 0.6) is 5.75 Å². The molecule has 1 aromatic carbocycles. The maximum absolute atomic E-state index is 12.1. The minimum atomic E-state index is -1.28. The van der Waals surface area contributed by atoms with Gasteiger partial charge in [-0.3, -0.25) is 4.79 Å². The first-order chi connectivity index (χ1) is 8.91. The summed E-state index contributed by atoms with van der Waals surface area (Å²) in [6.07, 6.45) is -1.03. The van der Waals surface area contributed by atoms with Crippen LogP contribution in [0.25, 0.3) is 0 Å². The summed E-state index contributed by atoms with van der Waals surface area (Å²) in [5, 5.41) is 10.5. The van der Waals surface area contributed by atoms with Crippen LogP contribution in [0.3, 0.4) is 0 Å². The van der Waals surface area contributed by atoms with E-state index in [1.807, 2.05) is 19.1 Å². The second kappa shape index (κ2) is 4.70. The van der Waals surface area contributed by atoms with Gasteiger partial charge in [-0.15, -0.1) is 0 Å². The van der Waals surface area contributed by atoms with Crippen molar-refractivity contribution in [1.29, 1.82) is 0 Å². The predicted molar refractivity (Wildman–Crippen MR) is 70.6 cm³/mol. The molecule has 1 aromatic rings. The molecule has 4 nitrogen and oxygen atoms in total. The maximum Gasteiger partial charge on any atom is 0.322 e. The molecule has 0 saturated heterocycles. The molecule has 0 saturated carbocycles. The van der Waals surface area contributed by atoms with E-state index in [4.69, 9.17) is 9.47 Å². The van der Waals surface area contributed by atoms with E-state index in [-0.39, 0.29) is 12.4 Å². The average Bonchev–Trinajstić information content (AvgIpc) is 2.37. The van der Waals surface area contributed by atoms with Crippen molar-refractivity contribution in [1.82, 2.24) is 0 Å². The van der Waals surface area contributed by atoms with Crippen LogP contribution in [0.1, 0.15) is 31.1 Å². The Hall–Kier alpha value is -1.81. The molecule has 0 amide bonds. The summed E-state index contributed by atoms with van der Waals surface area (Å²) in [6, 6.07) is 5.46. The molecule has 19 heavy (non-hydrogen) atoms. The third kappa shape index (κ3) is 2.02. The lowest BCUT2D eigenvalue weighted by Gasteiger charge is -2.38. The summed E-state index contributed by atoms with van der Waals surface area (Å²) in [6.45, 7) is 9.23. The number of esters is 1. The Morgan fingerprint density at radius 1 is 1.58 bits per heavy atom. The van der Waals surface area contributed by atoms with Crippen LogP contribution < -0.4 is 4.74 Å². The van der Waals surface area contributed by atoms with Crippen molar-refractivity contribution < 1.29 is 19.4 Å². The van der Waals surface area contributed by atoms with Gasteiger partial charge in [0.2, 0.25) is 0 Å². The van der Waals surface area contributed by atoms with Gasteiger partial charge in [0.1, 0.15) is 17.6 Å². The lowest BCUT2D eigenvalue weighted by atomic mass is 9.77. The number of aliphatic hydroxyl groups is 1. The number of aryl methyl sites for hydroxylation is 1. The largest absolute Gasteiger partial charge is 0.465 e. The highest BCUT2D eigenvalue weighted by Gasteiger charge is 2.50. The third-order valence-electron chi connectivity index (χ3n) is 3.52. The zero-order valence-electron chi connectivity index (χ0n) is 11.4. The highest BCUT2D eigenvalue weighted by molar-refractivity contribution is 5.81. The molecule has 0 fully saturated rings. The number of aliphatic hydroxyl groups excluding tert-OH is 1. The zero-order valence-corrected chi connectivity index (χ0v) is 11.4. The Kier molecular flexibility index (Phi) is 3.37. The monoisotopic (exact) mass is 262 g/mol. The van der Waals surface area contributed by atoms with Gasteiger partial charge in [0.15, 0.2) is 5.41 Å². The average molecular weight is 262 g/mol. The first-order valence-corrected chi connectivity index (χ1v) is 6.24. The van der Waals surface area contributed by atoms with Crippen LogP contribution in [0.15, 0.2) is 30.5 Å². The second-order valence-electron chi connectivity index (χ2n) is 4.89.